The molecule has 24 heavy (non-hydrogen) atoms. The van der Waals surface area contributed by atoms with Gasteiger partial charge in [-0.3, -0.25) is 0 Å². The van der Waals surface area contributed by atoms with Gasteiger partial charge >= 0.3 is 0 Å². The van der Waals surface area contributed by atoms with Crippen molar-refractivity contribution < 1.29 is 4.39 Å². The second-order valence-corrected chi connectivity index (χ2v) is 5.87. The van der Waals surface area contributed by atoms with Crippen molar-refractivity contribution in [3.8, 4) is 0 Å². The maximum absolute atomic E-state index is 13.0. The smallest absolute Gasteiger partial charge is 0.229 e. The van der Waals surface area contributed by atoms with Crippen molar-refractivity contribution in [1.29, 1.82) is 0 Å². The van der Waals surface area contributed by atoms with Gasteiger partial charge in [0.2, 0.25) is 5.95 Å². The van der Waals surface area contributed by atoms with Gasteiger partial charge in [-0.15, -0.1) is 0 Å². The summed E-state index contributed by atoms with van der Waals surface area (Å²) in [4.78, 5) is 8.80. The topological polar surface area (TPSA) is 49.8 Å². The van der Waals surface area contributed by atoms with Crippen LogP contribution in [0.15, 0.2) is 48.5 Å². The van der Waals surface area contributed by atoms with Crippen LogP contribution in [0.4, 0.5) is 27.5 Å². The lowest BCUT2D eigenvalue weighted by molar-refractivity contribution is 0.628. The summed E-state index contributed by atoms with van der Waals surface area (Å²) in [6.07, 6.45) is 0. The van der Waals surface area contributed by atoms with Crippen LogP contribution in [0.1, 0.15) is 11.3 Å². The Hall–Kier alpha value is -2.66. The van der Waals surface area contributed by atoms with Crippen LogP contribution >= 0.6 is 11.6 Å². The summed E-state index contributed by atoms with van der Waals surface area (Å²) >= 11 is 6.05. The lowest BCUT2D eigenvalue weighted by Crippen LogP contribution is -2.03. The summed E-state index contributed by atoms with van der Waals surface area (Å²) < 4.78 is 13.0. The number of hydrogen-bond donors (Lipinski definition) is 2. The summed E-state index contributed by atoms with van der Waals surface area (Å²) in [5.74, 6) is 0.797. The SMILES string of the molecule is Cc1cc(Nc2cc(Cl)ccc2C)nc(Nc2ccc(F)cc2)n1. The molecule has 0 aliphatic rings. The highest BCUT2D eigenvalue weighted by Crippen LogP contribution is 2.24. The van der Waals surface area contributed by atoms with E-state index in [1.165, 1.54) is 12.1 Å². The monoisotopic (exact) mass is 342 g/mol. The highest BCUT2D eigenvalue weighted by molar-refractivity contribution is 6.30. The Labute approximate surface area is 144 Å². The zero-order valence-electron chi connectivity index (χ0n) is 13.3. The molecule has 3 rings (SSSR count). The molecule has 0 fully saturated rings. The second-order valence-electron chi connectivity index (χ2n) is 5.43. The Kier molecular flexibility index (Phi) is 4.62. The van der Waals surface area contributed by atoms with E-state index in [0.29, 0.717) is 22.5 Å². The molecule has 0 radical (unpaired) electrons. The minimum Gasteiger partial charge on any atom is -0.340 e. The van der Waals surface area contributed by atoms with Crippen molar-refractivity contribution in [1.82, 2.24) is 9.97 Å². The Balaban J connectivity index is 1.85. The minimum absolute atomic E-state index is 0.288. The standard InChI is InChI=1S/C18H16ClFN4/c1-11-3-4-13(19)10-16(11)23-17-9-12(2)21-18(24-17)22-15-7-5-14(20)6-8-15/h3-10H,1-2H3,(H2,21,22,23,24). The zero-order chi connectivity index (χ0) is 17.1. The van der Waals surface area contributed by atoms with Gasteiger partial charge < -0.3 is 10.6 Å². The van der Waals surface area contributed by atoms with Crippen LogP contribution in [-0.4, -0.2) is 9.97 Å². The van der Waals surface area contributed by atoms with Crippen LogP contribution in [-0.2, 0) is 0 Å². The van der Waals surface area contributed by atoms with Gasteiger partial charge in [0, 0.05) is 28.2 Å². The molecule has 0 aliphatic carbocycles. The van der Waals surface area contributed by atoms with E-state index in [1.54, 1.807) is 12.1 Å². The van der Waals surface area contributed by atoms with Gasteiger partial charge in [0.1, 0.15) is 11.6 Å². The van der Waals surface area contributed by atoms with Crippen molar-refractivity contribution in [3.05, 3.63) is 70.6 Å². The number of aryl methyl sites for hydroxylation is 2. The normalized spacial score (nSPS) is 10.5. The van der Waals surface area contributed by atoms with Gasteiger partial charge in [-0.25, -0.2) is 9.37 Å². The molecular weight excluding hydrogens is 327 g/mol. The van der Waals surface area contributed by atoms with Crippen LogP contribution in [0, 0.1) is 19.7 Å². The average Bonchev–Trinajstić information content (AvgIpc) is 2.53. The van der Waals surface area contributed by atoms with Crippen LogP contribution in [0.2, 0.25) is 5.02 Å². The lowest BCUT2D eigenvalue weighted by Gasteiger charge is -2.12. The molecule has 0 bridgehead atoms. The van der Waals surface area contributed by atoms with E-state index in [1.807, 2.05) is 38.1 Å². The summed E-state index contributed by atoms with van der Waals surface area (Å²) in [5, 5.41) is 6.97. The molecule has 6 heteroatoms. The van der Waals surface area contributed by atoms with E-state index < -0.39 is 0 Å². The average molecular weight is 343 g/mol. The Morgan fingerprint density at radius 1 is 0.917 bits per heavy atom. The van der Waals surface area contributed by atoms with Crippen LogP contribution in [0.25, 0.3) is 0 Å². The van der Waals surface area contributed by atoms with Crippen molar-refractivity contribution in [2.45, 2.75) is 13.8 Å². The predicted molar refractivity (Wildman–Crippen MR) is 95.9 cm³/mol. The third kappa shape index (κ3) is 4.00. The molecule has 1 heterocycles. The van der Waals surface area contributed by atoms with Crippen molar-refractivity contribution in [2.24, 2.45) is 0 Å². The van der Waals surface area contributed by atoms with Gasteiger partial charge in [-0.1, -0.05) is 17.7 Å². The van der Waals surface area contributed by atoms with Gasteiger partial charge in [-0.05, 0) is 55.8 Å². The van der Waals surface area contributed by atoms with E-state index >= 15 is 0 Å². The van der Waals surface area contributed by atoms with Crippen LogP contribution in [0.3, 0.4) is 0 Å². The Morgan fingerprint density at radius 3 is 2.42 bits per heavy atom. The number of rotatable bonds is 4. The fraction of sp³-hybridized carbons (Fsp3) is 0.111. The number of nitrogens with zero attached hydrogens (tertiary/aromatic N) is 2. The van der Waals surface area contributed by atoms with Crippen molar-refractivity contribution >= 4 is 34.7 Å². The maximum atomic E-state index is 13.0. The highest BCUT2D eigenvalue weighted by atomic mass is 35.5. The van der Waals surface area contributed by atoms with Crippen molar-refractivity contribution in [2.75, 3.05) is 10.6 Å². The molecule has 122 valence electrons. The fourth-order valence-corrected chi connectivity index (χ4v) is 2.39. The summed E-state index contributed by atoms with van der Waals surface area (Å²) in [7, 11) is 0. The fourth-order valence-electron chi connectivity index (χ4n) is 2.22. The van der Waals surface area contributed by atoms with E-state index in [9.17, 15) is 4.39 Å². The molecule has 1 aromatic heterocycles. The van der Waals surface area contributed by atoms with E-state index in [0.717, 1.165) is 16.9 Å². The first kappa shape index (κ1) is 16.2. The first-order valence-electron chi connectivity index (χ1n) is 7.41. The first-order valence-corrected chi connectivity index (χ1v) is 7.79. The largest absolute Gasteiger partial charge is 0.340 e. The maximum Gasteiger partial charge on any atom is 0.229 e. The Morgan fingerprint density at radius 2 is 1.67 bits per heavy atom. The predicted octanol–water partition coefficient (Wildman–Crippen LogP) is 5.37. The molecule has 0 amide bonds. The van der Waals surface area contributed by atoms with Gasteiger partial charge in [0.25, 0.3) is 0 Å². The molecule has 0 spiro atoms. The van der Waals surface area contributed by atoms with E-state index in [-0.39, 0.29) is 5.82 Å². The highest BCUT2D eigenvalue weighted by Gasteiger charge is 2.06. The quantitative estimate of drug-likeness (QED) is 0.669. The lowest BCUT2D eigenvalue weighted by atomic mass is 10.2. The van der Waals surface area contributed by atoms with Crippen LogP contribution in [0.5, 0.6) is 0 Å². The zero-order valence-corrected chi connectivity index (χ0v) is 14.0. The molecular formula is C18H16ClFN4. The molecule has 3 aromatic rings. The molecule has 0 aliphatic heterocycles. The number of benzene rings is 2. The second kappa shape index (κ2) is 6.84. The van der Waals surface area contributed by atoms with Gasteiger partial charge in [0.15, 0.2) is 0 Å². The molecule has 2 N–H and O–H groups in total. The molecule has 4 nitrogen and oxygen atoms in total. The third-order valence-electron chi connectivity index (χ3n) is 3.42. The van der Waals surface area contributed by atoms with Crippen LogP contribution < -0.4 is 10.6 Å². The summed E-state index contributed by atoms with van der Waals surface area (Å²) in [6, 6.07) is 13.5. The van der Waals surface area contributed by atoms with Gasteiger partial charge in [0.05, 0.1) is 0 Å². The number of anilines is 4. The molecule has 0 unspecified atom stereocenters. The number of aromatic nitrogens is 2. The minimum atomic E-state index is -0.288. The van der Waals surface area contributed by atoms with E-state index in [2.05, 4.69) is 20.6 Å². The molecule has 0 saturated heterocycles. The number of halogens is 2. The summed E-state index contributed by atoms with van der Waals surface area (Å²) in [5.41, 5.74) is 3.46. The molecule has 0 atom stereocenters. The first-order chi connectivity index (χ1) is 11.5. The van der Waals surface area contributed by atoms with Crippen molar-refractivity contribution in [3.63, 3.8) is 0 Å². The molecule has 2 aromatic carbocycles. The molecule has 0 saturated carbocycles. The Bertz CT molecular complexity index is 865. The number of nitrogens with one attached hydrogen (secondary N) is 2. The van der Waals surface area contributed by atoms with E-state index in [4.69, 9.17) is 11.6 Å². The third-order valence-corrected chi connectivity index (χ3v) is 3.65. The van der Waals surface area contributed by atoms with Gasteiger partial charge in [-0.2, -0.15) is 4.98 Å². The number of hydrogen-bond acceptors (Lipinski definition) is 4. The summed E-state index contributed by atoms with van der Waals surface area (Å²) in [6.45, 7) is 3.87.